The molecule has 0 radical (unpaired) electrons. The molecule has 1 saturated heterocycles. The molecule has 2 aromatic rings. The van der Waals surface area contributed by atoms with Crippen LogP contribution in [0.25, 0.3) is 0 Å². The molecule has 0 N–H and O–H groups in total. The maximum absolute atomic E-state index is 9.05. The number of nitrogens with zero attached hydrogens (tertiary/aromatic N) is 6. The van der Waals surface area contributed by atoms with E-state index in [4.69, 9.17) is 31.9 Å². The number of aliphatic imine (C=N–C) groups is 1. The number of morpholine rings is 1. The molecule has 146 valence electrons. The molecule has 0 spiro atoms. The summed E-state index contributed by atoms with van der Waals surface area (Å²) >= 11 is 6.45. The van der Waals surface area contributed by atoms with Gasteiger partial charge in [0, 0.05) is 25.7 Å². The number of hydrogen-bond acceptors (Lipinski definition) is 5. The molecule has 2 aliphatic rings. The van der Waals surface area contributed by atoms with Gasteiger partial charge in [0.05, 0.1) is 43.2 Å². The Morgan fingerprint density at radius 1 is 1.25 bits per heavy atom. The van der Waals surface area contributed by atoms with E-state index in [-0.39, 0.29) is 0 Å². The first kappa shape index (κ1) is 19.3. The Labute approximate surface area is 170 Å². The Balaban J connectivity index is 1.92. The first-order valence-corrected chi connectivity index (χ1v) is 12.0. The number of hydrogen-bond donors (Lipinski definition) is 0. The SMILES string of the molecule is Cc1nn(CCC#N)c2c1[P@](=S)(N1CCOCC1)N(C)C(c1ccccc1)=N2. The van der Waals surface area contributed by atoms with Crippen molar-refractivity contribution in [2.45, 2.75) is 19.9 Å². The van der Waals surface area contributed by atoms with Crippen LogP contribution in [0.3, 0.4) is 0 Å². The molecule has 0 saturated carbocycles. The second kappa shape index (κ2) is 7.76. The van der Waals surface area contributed by atoms with E-state index in [1.54, 1.807) is 0 Å². The zero-order valence-electron chi connectivity index (χ0n) is 16.1. The largest absolute Gasteiger partial charge is 0.379 e. The summed E-state index contributed by atoms with van der Waals surface area (Å²) in [5.74, 6) is 1.67. The smallest absolute Gasteiger partial charge is 0.164 e. The highest BCUT2D eigenvalue weighted by molar-refractivity contribution is 8.16. The fraction of sp³-hybridized carbons (Fsp3) is 0.421. The lowest BCUT2D eigenvalue weighted by Crippen LogP contribution is -2.45. The maximum atomic E-state index is 9.05. The van der Waals surface area contributed by atoms with Crippen LogP contribution in [0.1, 0.15) is 17.7 Å². The van der Waals surface area contributed by atoms with E-state index in [1.165, 1.54) is 0 Å². The molecule has 1 fully saturated rings. The molecule has 0 amide bonds. The standard InChI is InChI=1S/C19H23N6OPS/c1-15-17-19(25(22-15)10-6-9-20)21-18(16-7-4-3-5-8-16)23(2)27(17,28)24-11-13-26-14-12-24/h3-5,7-8H,6,10-14H2,1-2H3/t27-/m1/s1. The van der Waals surface area contributed by atoms with Crippen molar-refractivity contribution in [3.63, 3.8) is 0 Å². The van der Waals surface area contributed by atoms with Gasteiger partial charge < -0.3 is 9.41 Å². The van der Waals surface area contributed by atoms with Gasteiger partial charge in [0.2, 0.25) is 0 Å². The van der Waals surface area contributed by atoms with Crippen LogP contribution in [-0.2, 0) is 23.1 Å². The van der Waals surface area contributed by atoms with E-state index in [9.17, 15) is 0 Å². The number of aryl methyl sites for hydroxylation is 2. The van der Waals surface area contributed by atoms with Crippen molar-refractivity contribution in [1.82, 2.24) is 19.1 Å². The Hall–Kier alpha value is -2.04. The summed E-state index contributed by atoms with van der Waals surface area (Å²) in [6.45, 7) is 5.47. The molecule has 4 rings (SSSR count). The number of benzene rings is 1. The van der Waals surface area contributed by atoms with E-state index in [1.807, 2.05) is 29.8 Å². The molecule has 0 unspecified atom stereocenters. The van der Waals surface area contributed by atoms with Gasteiger partial charge in [-0.15, -0.1) is 0 Å². The van der Waals surface area contributed by atoms with E-state index in [0.29, 0.717) is 26.2 Å². The van der Waals surface area contributed by atoms with E-state index in [2.05, 4.69) is 34.6 Å². The minimum Gasteiger partial charge on any atom is -0.379 e. The maximum Gasteiger partial charge on any atom is 0.164 e. The molecule has 1 aromatic heterocycles. The Kier molecular flexibility index (Phi) is 5.35. The van der Waals surface area contributed by atoms with E-state index in [0.717, 1.165) is 41.3 Å². The van der Waals surface area contributed by atoms with Crippen molar-refractivity contribution in [1.29, 1.82) is 5.26 Å². The van der Waals surface area contributed by atoms with Gasteiger partial charge in [-0.05, 0) is 6.92 Å². The van der Waals surface area contributed by atoms with E-state index < -0.39 is 6.34 Å². The fourth-order valence-electron chi connectivity index (χ4n) is 3.77. The molecule has 0 aliphatic carbocycles. The summed E-state index contributed by atoms with van der Waals surface area (Å²) in [6, 6.07) is 12.3. The average Bonchev–Trinajstić information content (AvgIpc) is 3.06. The summed E-state index contributed by atoms with van der Waals surface area (Å²) in [5.41, 5.74) is 1.94. The molecule has 28 heavy (non-hydrogen) atoms. The molecule has 2 aliphatic heterocycles. The monoisotopic (exact) mass is 414 g/mol. The summed E-state index contributed by atoms with van der Waals surface area (Å²) in [5, 5.41) is 14.8. The Bertz CT molecular complexity index is 990. The predicted molar refractivity (Wildman–Crippen MR) is 114 cm³/mol. The van der Waals surface area contributed by atoms with Crippen molar-refractivity contribution < 1.29 is 4.74 Å². The van der Waals surface area contributed by atoms with Crippen molar-refractivity contribution >= 4 is 35.1 Å². The van der Waals surface area contributed by atoms with Crippen LogP contribution in [0.15, 0.2) is 35.3 Å². The molecule has 1 aromatic carbocycles. The highest BCUT2D eigenvalue weighted by Gasteiger charge is 2.43. The molecule has 0 bridgehead atoms. The lowest BCUT2D eigenvalue weighted by molar-refractivity contribution is 0.0738. The van der Waals surface area contributed by atoms with Crippen LogP contribution in [0, 0.1) is 18.3 Å². The molecule has 7 nitrogen and oxygen atoms in total. The molecule has 1 atom stereocenters. The minimum atomic E-state index is -2.32. The van der Waals surface area contributed by atoms with Gasteiger partial charge in [0.1, 0.15) is 12.2 Å². The van der Waals surface area contributed by atoms with Gasteiger partial charge in [-0.25, -0.2) is 9.67 Å². The first-order valence-electron chi connectivity index (χ1n) is 9.34. The number of aromatic nitrogens is 2. The average molecular weight is 414 g/mol. The third-order valence-electron chi connectivity index (χ3n) is 5.12. The van der Waals surface area contributed by atoms with Gasteiger partial charge in [0.15, 0.2) is 5.82 Å². The number of rotatable bonds is 4. The van der Waals surface area contributed by atoms with Gasteiger partial charge in [-0.2, -0.15) is 10.4 Å². The minimum absolute atomic E-state index is 0.389. The molecule has 3 heterocycles. The highest BCUT2D eigenvalue weighted by Crippen LogP contribution is 2.57. The van der Waals surface area contributed by atoms with Crippen LogP contribution >= 0.6 is 6.34 Å². The number of nitriles is 1. The lowest BCUT2D eigenvalue weighted by Gasteiger charge is -2.45. The van der Waals surface area contributed by atoms with E-state index >= 15 is 0 Å². The van der Waals surface area contributed by atoms with Crippen LogP contribution in [0.4, 0.5) is 5.82 Å². The zero-order valence-corrected chi connectivity index (χ0v) is 17.8. The van der Waals surface area contributed by atoms with Crippen LogP contribution in [0.5, 0.6) is 0 Å². The lowest BCUT2D eigenvalue weighted by atomic mass is 10.2. The number of ether oxygens (including phenoxy) is 1. The Morgan fingerprint density at radius 3 is 2.64 bits per heavy atom. The first-order chi connectivity index (χ1) is 13.6. The molecular formula is C19H23N6OPS. The van der Waals surface area contributed by atoms with Crippen molar-refractivity contribution in [3.8, 4) is 6.07 Å². The van der Waals surface area contributed by atoms with Gasteiger partial charge in [-0.3, -0.25) is 4.67 Å². The normalized spacial score (nSPS) is 22.5. The fourth-order valence-corrected chi connectivity index (χ4v) is 8.11. The second-order valence-electron chi connectivity index (χ2n) is 6.82. The van der Waals surface area contributed by atoms with Crippen LogP contribution in [0.2, 0.25) is 0 Å². The quantitative estimate of drug-likeness (QED) is 0.716. The Morgan fingerprint density at radius 2 is 1.96 bits per heavy atom. The summed E-state index contributed by atoms with van der Waals surface area (Å²) in [6.07, 6.45) is -1.93. The number of fused-ring (bicyclic) bond motifs is 1. The third-order valence-corrected chi connectivity index (χ3v) is 10.4. The van der Waals surface area contributed by atoms with Crippen molar-refractivity contribution in [2.75, 3.05) is 33.4 Å². The van der Waals surface area contributed by atoms with Gasteiger partial charge in [-0.1, -0.05) is 42.1 Å². The summed E-state index contributed by atoms with van der Waals surface area (Å²) < 4.78 is 12.0. The van der Waals surface area contributed by atoms with Crippen molar-refractivity contribution in [2.24, 2.45) is 4.99 Å². The van der Waals surface area contributed by atoms with Crippen molar-refractivity contribution in [3.05, 3.63) is 41.6 Å². The summed E-state index contributed by atoms with van der Waals surface area (Å²) in [7, 11) is 2.05. The second-order valence-corrected chi connectivity index (χ2v) is 11.1. The zero-order chi connectivity index (χ0) is 19.7. The molecule has 9 heteroatoms. The van der Waals surface area contributed by atoms with Crippen LogP contribution in [-0.4, -0.2) is 58.3 Å². The predicted octanol–water partition coefficient (Wildman–Crippen LogP) is 2.40. The molecular weight excluding hydrogens is 391 g/mol. The topological polar surface area (TPSA) is 69.7 Å². The van der Waals surface area contributed by atoms with Gasteiger partial charge >= 0.3 is 0 Å². The highest BCUT2D eigenvalue weighted by atomic mass is 32.4. The van der Waals surface area contributed by atoms with Gasteiger partial charge in [0.25, 0.3) is 0 Å². The number of amidine groups is 1. The third kappa shape index (κ3) is 3.09. The van der Waals surface area contributed by atoms with Crippen LogP contribution < -0.4 is 5.30 Å². The summed E-state index contributed by atoms with van der Waals surface area (Å²) in [4.78, 5) is 5.00.